The zero-order chi connectivity index (χ0) is 19.1. The molecule has 10 nitrogen and oxygen atoms in total. The van der Waals surface area contributed by atoms with Gasteiger partial charge in [-0.25, -0.2) is 4.79 Å². The third kappa shape index (κ3) is 2.75. The number of aromatic nitrogens is 5. The number of aromatic amines is 1. The van der Waals surface area contributed by atoms with Crippen LogP contribution in [0, 0.1) is 0 Å². The monoisotopic (exact) mass is 379 g/mol. The van der Waals surface area contributed by atoms with Crippen LogP contribution in [0.1, 0.15) is 12.8 Å². The fourth-order valence-electron chi connectivity index (χ4n) is 3.46. The Bertz CT molecular complexity index is 1130. The first kappa shape index (κ1) is 16.4. The van der Waals surface area contributed by atoms with E-state index >= 15 is 0 Å². The molecule has 4 aromatic rings. The smallest absolute Gasteiger partial charge is 0.326 e. The summed E-state index contributed by atoms with van der Waals surface area (Å²) in [6.07, 6.45) is 4.80. The van der Waals surface area contributed by atoms with Crippen LogP contribution in [0.25, 0.3) is 17.1 Å². The number of nitrogens with one attached hydrogen (secondary N) is 2. The van der Waals surface area contributed by atoms with Crippen molar-refractivity contribution in [2.45, 2.75) is 18.9 Å². The summed E-state index contributed by atoms with van der Waals surface area (Å²) in [5.41, 5.74) is 1.40. The van der Waals surface area contributed by atoms with Gasteiger partial charge in [-0.05, 0) is 37.1 Å². The molecule has 0 aliphatic carbocycles. The summed E-state index contributed by atoms with van der Waals surface area (Å²) in [5, 5.41) is 19.8. The molecular weight excluding hydrogens is 362 g/mol. The van der Waals surface area contributed by atoms with Gasteiger partial charge in [0.05, 0.1) is 6.26 Å². The molecule has 5 heterocycles. The zero-order valence-electron chi connectivity index (χ0n) is 14.7. The van der Waals surface area contributed by atoms with Gasteiger partial charge < -0.3 is 19.7 Å². The average Bonchev–Trinajstić information content (AvgIpc) is 3.47. The Morgan fingerprint density at radius 1 is 1.32 bits per heavy atom. The van der Waals surface area contributed by atoms with Crippen LogP contribution in [0.2, 0.25) is 0 Å². The number of anilines is 3. The number of carboxylic acids is 1. The van der Waals surface area contributed by atoms with Crippen molar-refractivity contribution in [3.63, 3.8) is 0 Å². The Kier molecular flexibility index (Phi) is 3.75. The standard InChI is InChI=1S/C18H17N7O3/c26-16(27)12-4-1-7-24(12)18-20-15-6-2-8-25(15)17(21-18)19-14-10-11(22-23-14)13-5-3-9-28-13/h2-3,5-6,8-10,12H,1,4,7H2,(H,26,27)(H2,19,20,21,22,23)/t12-/m0/s1. The molecular formula is C18H17N7O3. The van der Waals surface area contributed by atoms with Crippen LogP contribution in [0.5, 0.6) is 0 Å². The number of nitrogens with zero attached hydrogens (tertiary/aromatic N) is 5. The Labute approximate surface area is 158 Å². The molecule has 0 unspecified atom stereocenters. The van der Waals surface area contributed by atoms with Crippen molar-refractivity contribution in [2.75, 3.05) is 16.8 Å². The van der Waals surface area contributed by atoms with Crippen LogP contribution in [0.4, 0.5) is 17.7 Å². The molecule has 1 atom stereocenters. The number of hydrogen-bond donors (Lipinski definition) is 3. The Balaban J connectivity index is 1.50. The third-order valence-electron chi connectivity index (χ3n) is 4.78. The van der Waals surface area contributed by atoms with Crippen molar-refractivity contribution in [2.24, 2.45) is 0 Å². The molecule has 1 aliphatic rings. The molecule has 10 heteroatoms. The maximum atomic E-state index is 11.5. The van der Waals surface area contributed by atoms with Gasteiger partial charge in [0.25, 0.3) is 0 Å². The molecule has 0 aromatic carbocycles. The molecule has 3 N–H and O–H groups in total. The van der Waals surface area contributed by atoms with Gasteiger partial charge in [0, 0.05) is 18.8 Å². The van der Waals surface area contributed by atoms with E-state index in [9.17, 15) is 9.90 Å². The molecule has 0 bridgehead atoms. The quantitative estimate of drug-likeness (QED) is 0.483. The highest BCUT2D eigenvalue weighted by molar-refractivity contribution is 5.78. The molecule has 1 saturated heterocycles. The molecule has 28 heavy (non-hydrogen) atoms. The van der Waals surface area contributed by atoms with E-state index in [2.05, 4.69) is 25.5 Å². The summed E-state index contributed by atoms with van der Waals surface area (Å²) < 4.78 is 7.16. The number of carbonyl (C=O) groups is 1. The Morgan fingerprint density at radius 2 is 2.25 bits per heavy atom. The van der Waals surface area contributed by atoms with Crippen molar-refractivity contribution >= 4 is 29.3 Å². The first-order chi connectivity index (χ1) is 13.7. The van der Waals surface area contributed by atoms with Gasteiger partial charge in [-0.3, -0.25) is 9.50 Å². The highest BCUT2D eigenvalue weighted by Crippen LogP contribution is 2.26. The summed E-state index contributed by atoms with van der Waals surface area (Å²) in [6, 6.07) is 8.55. The van der Waals surface area contributed by atoms with E-state index in [0.29, 0.717) is 42.1 Å². The SMILES string of the molecule is O=C(O)[C@@H]1CCCN1c1nc(Nc2cc(-c3ccco3)[nH]n2)n2cccc2n1. The molecule has 142 valence electrons. The number of H-pyrrole nitrogens is 1. The van der Waals surface area contributed by atoms with E-state index in [0.717, 1.165) is 12.1 Å². The number of furan rings is 1. The maximum Gasteiger partial charge on any atom is 0.326 e. The largest absolute Gasteiger partial charge is 0.480 e. The average molecular weight is 379 g/mol. The number of carboxylic acid groups (broad SMARTS) is 1. The minimum absolute atomic E-state index is 0.389. The van der Waals surface area contributed by atoms with Crippen molar-refractivity contribution in [1.29, 1.82) is 0 Å². The number of rotatable bonds is 5. The molecule has 0 amide bonds. The second-order valence-corrected chi connectivity index (χ2v) is 6.54. The highest BCUT2D eigenvalue weighted by atomic mass is 16.4. The topological polar surface area (TPSA) is 125 Å². The minimum atomic E-state index is -0.860. The maximum absolute atomic E-state index is 11.5. The lowest BCUT2D eigenvalue weighted by atomic mass is 10.2. The summed E-state index contributed by atoms with van der Waals surface area (Å²) >= 11 is 0. The lowest BCUT2D eigenvalue weighted by molar-refractivity contribution is -0.138. The lowest BCUT2D eigenvalue weighted by Crippen LogP contribution is -2.37. The second kappa shape index (κ2) is 6.41. The number of aliphatic carboxylic acids is 1. The summed E-state index contributed by atoms with van der Waals surface area (Å²) in [5.74, 6) is 1.26. The van der Waals surface area contributed by atoms with Crippen molar-refractivity contribution in [1.82, 2.24) is 24.6 Å². The molecule has 0 radical (unpaired) electrons. The van der Waals surface area contributed by atoms with Crippen molar-refractivity contribution < 1.29 is 14.3 Å². The van der Waals surface area contributed by atoms with Crippen LogP contribution >= 0.6 is 0 Å². The van der Waals surface area contributed by atoms with Crippen LogP contribution in [0.3, 0.4) is 0 Å². The van der Waals surface area contributed by atoms with Crippen molar-refractivity contribution in [3.05, 3.63) is 42.8 Å². The molecule has 1 fully saturated rings. The molecule has 4 aromatic heterocycles. The normalized spacial score (nSPS) is 16.7. The fraction of sp³-hybridized carbons (Fsp3) is 0.222. The van der Waals surface area contributed by atoms with E-state index in [1.807, 2.05) is 30.5 Å². The van der Waals surface area contributed by atoms with Crippen LogP contribution < -0.4 is 10.2 Å². The fourth-order valence-corrected chi connectivity index (χ4v) is 3.46. The van der Waals surface area contributed by atoms with E-state index in [4.69, 9.17) is 4.42 Å². The lowest BCUT2D eigenvalue weighted by Gasteiger charge is -2.22. The molecule has 1 aliphatic heterocycles. The number of hydrogen-bond acceptors (Lipinski definition) is 7. The van der Waals surface area contributed by atoms with Gasteiger partial charge in [0.15, 0.2) is 11.6 Å². The first-order valence-corrected chi connectivity index (χ1v) is 8.90. The van der Waals surface area contributed by atoms with E-state index in [1.165, 1.54) is 0 Å². The van der Waals surface area contributed by atoms with Gasteiger partial charge in [0.2, 0.25) is 11.9 Å². The van der Waals surface area contributed by atoms with Gasteiger partial charge in [-0.1, -0.05) is 0 Å². The first-order valence-electron chi connectivity index (χ1n) is 8.90. The van der Waals surface area contributed by atoms with Gasteiger partial charge in [0.1, 0.15) is 17.4 Å². The Morgan fingerprint density at radius 3 is 3.07 bits per heavy atom. The van der Waals surface area contributed by atoms with Crippen LogP contribution in [0.15, 0.2) is 47.2 Å². The zero-order valence-corrected chi connectivity index (χ0v) is 14.7. The third-order valence-corrected chi connectivity index (χ3v) is 4.78. The number of fused-ring (bicyclic) bond motifs is 1. The van der Waals surface area contributed by atoms with Gasteiger partial charge in [-0.15, -0.1) is 0 Å². The Hall–Kier alpha value is -3.82. The van der Waals surface area contributed by atoms with Crippen molar-refractivity contribution in [3.8, 4) is 11.5 Å². The van der Waals surface area contributed by atoms with Crippen LogP contribution in [-0.4, -0.2) is 48.2 Å². The highest BCUT2D eigenvalue weighted by Gasteiger charge is 2.32. The van der Waals surface area contributed by atoms with Gasteiger partial charge >= 0.3 is 5.97 Å². The van der Waals surface area contributed by atoms with Gasteiger partial charge in [-0.2, -0.15) is 15.1 Å². The molecule has 5 rings (SSSR count). The predicted octanol–water partition coefficient (Wildman–Crippen LogP) is 2.51. The summed E-state index contributed by atoms with van der Waals surface area (Å²) in [6.45, 7) is 0.609. The molecule has 0 spiro atoms. The van der Waals surface area contributed by atoms with E-state index in [1.54, 1.807) is 21.6 Å². The van der Waals surface area contributed by atoms with E-state index in [-0.39, 0.29) is 0 Å². The minimum Gasteiger partial charge on any atom is -0.480 e. The van der Waals surface area contributed by atoms with Crippen LogP contribution in [-0.2, 0) is 4.79 Å². The molecule has 0 saturated carbocycles. The summed E-state index contributed by atoms with van der Waals surface area (Å²) in [4.78, 5) is 22.4. The van der Waals surface area contributed by atoms with E-state index < -0.39 is 12.0 Å². The summed E-state index contributed by atoms with van der Waals surface area (Å²) in [7, 11) is 0. The second-order valence-electron chi connectivity index (χ2n) is 6.54. The predicted molar refractivity (Wildman–Crippen MR) is 101 cm³/mol.